The molecule has 1 rings (SSSR count). The van der Waals surface area contributed by atoms with Crippen molar-refractivity contribution in [2.45, 2.75) is 13.0 Å². The molecule has 96 valence electrons. The minimum Gasteiger partial charge on any atom is -0.314 e. The number of nitrogens with one attached hydrogen (secondary N) is 1. The number of thioether (sulfide) groups is 1. The molecular formula is C10H22N2O2S2. The number of nitrogens with zero attached hydrogens (tertiary/aromatic N) is 1. The van der Waals surface area contributed by atoms with Crippen molar-refractivity contribution in [1.82, 2.24) is 10.2 Å². The Morgan fingerprint density at radius 2 is 2.19 bits per heavy atom. The molecule has 0 radical (unpaired) electrons. The van der Waals surface area contributed by atoms with Gasteiger partial charge in [-0.2, -0.15) is 11.8 Å². The van der Waals surface area contributed by atoms with Gasteiger partial charge in [0.2, 0.25) is 0 Å². The lowest BCUT2D eigenvalue weighted by molar-refractivity contribution is 0.233. The zero-order valence-corrected chi connectivity index (χ0v) is 11.7. The smallest absolute Gasteiger partial charge is 0.148 e. The summed E-state index contributed by atoms with van der Waals surface area (Å²) < 4.78 is 21.8. The summed E-state index contributed by atoms with van der Waals surface area (Å²) in [5, 5.41) is 3.18. The molecule has 0 saturated carbocycles. The standard InChI is InChI=1S/C10H22N2O2S2/c1-10-9-15-7-6-12(10)5-3-11-4-8-16(2,13)14/h10-11H,3-9H2,1-2H3. The van der Waals surface area contributed by atoms with Gasteiger partial charge in [-0.15, -0.1) is 0 Å². The van der Waals surface area contributed by atoms with Crippen molar-refractivity contribution in [3.63, 3.8) is 0 Å². The van der Waals surface area contributed by atoms with Crippen molar-refractivity contribution in [3.8, 4) is 0 Å². The molecule has 16 heavy (non-hydrogen) atoms. The summed E-state index contributed by atoms with van der Waals surface area (Å²) in [6.45, 7) is 5.87. The first-order valence-electron chi connectivity index (χ1n) is 5.69. The van der Waals surface area contributed by atoms with E-state index in [4.69, 9.17) is 0 Å². The molecule has 1 saturated heterocycles. The van der Waals surface area contributed by atoms with Gasteiger partial charge in [-0.1, -0.05) is 0 Å². The van der Waals surface area contributed by atoms with E-state index >= 15 is 0 Å². The predicted molar refractivity (Wildman–Crippen MR) is 70.9 cm³/mol. The monoisotopic (exact) mass is 266 g/mol. The predicted octanol–water partition coefficient (Wildman–Crippen LogP) is 0.0579. The highest BCUT2D eigenvalue weighted by atomic mass is 32.2. The summed E-state index contributed by atoms with van der Waals surface area (Å²) in [4.78, 5) is 2.46. The van der Waals surface area contributed by atoms with Gasteiger partial charge in [-0.05, 0) is 6.92 Å². The van der Waals surface area contributed by atoms with E-state index in [1.54, 1.807) is 0 Å². The second-order valence-electron chi connectivity index (χ2n) is 4.34. The molecule has 1 unspecified atom stereocenters. The van der Waals surface area contributed by atoms with Crippen LogP contribution >= 0.6 is 11.8 Å². The summed E-state index contributed by atoms with van der Waals surface area (Å²) in [6, 6.07) is 0.649. The Kier molecular flexibility index (Phi) is 6.10. The molecule has 4 nitrogen and oxygen atoms in total. The fourth-order valence-corrected chi connectivity index (χ4v) is 3.30. The first kappa shape index (κ1) is 14.3. The van der Waals surface area contributed by atoms with Crippen molar-refractivity contribution < 1.29 is 8.42 Å². The molecule has 0 aromatic carbocycles. The van der Waals surface area contributed by atoms with Gasteiger partial charge in [0.05, 0.1) is 5.75 Å². The van der Waals surface area contributed by atoms with Crippen LogP contribution in [0.4, 0.5) is 0 Å². The van der Waals surface area contributed by atoms with E-state index in [-0.39, 0.29) is 5.75 Å². The molecule has 0 amide bonds. The van der Waals surface area contributed by atoms with Gasteiger partial charge >= 0.3 is 0 Å². The van der Waals surface area contributed by atoms with Crippen molar-refractivity contribution in [2.75, 3.05) is 49.7 Å². The van der Waals surface area contributed by atoms with Gasteiger partial charge in [0.15, 0.2) is 0 Å². The number of sulfone groups is 1. The van der Waals surface area contributed by atoms with Crippen molar-refractivity contribution in [2.24, 2.45) is 0 Å². The zero-order chi connectivity index (χ0) is 12.0. The van der Waals surface area contributed by atoms with Crippen LogP contribution in [0.15, 0.2) is 0 Å². The van der Waals surface area contributed by atoms with Crippen molar-refractivity contribution in [1.29, 1.82) is 0 Å². The van der Waals surface area contributed by atoms with E-state index < -0.39 is 9.84 Å². The van der Waals surface area contributed by atoms with Crippen molar-refractivity contribution in [3.05, 3.63) is 0 Å². The van der Waals surface area contributed by atoms with E-state index in [0.29, 0.717) is 12.6 Å². The van der Waals surface area contributed by atoms with Gasteiger partial charge in [0.1, 0.15) is 9.84 Å². The summed E-state index contributed by atoms with van der Waals surface area (Å²) in [5.74, 6) is 2.66. The van der Waals surface area contributed by atoms with E-state index in [1.165, 1.54) is 17.8 Å². The third-order valence-corrected chi connectivity index (χ3v) is 4.87. The Morgan fingerprint density at radius 3 is 2.81 bits per heavy atom. The molecule has 0 aromatic rings. The molecule has 0 aromatic heterocycles. The molecule has 1 aliphatic heterocycles. The minimum atomic E-state index is -2.82. The summed E-state index contributed by atoms with van der Waals surface area (Å²) in [5.41, 5.74) is 0. The minimum absolute atomic E-state index is 0.235. The van der Waals surface area contributed by atoms with Gasteiger partial charge in [-0.25, -0.2) is 8.42 Å². The normalized spacial score (nSPS) is 23.5. The van der Waals surface area contributed by atoms with Crippen LogP contribution in [-0.2, 0) is 9.84 Å². The van der Waals surface area contributed by atoms with Crippen LogP contribution in [-0.4, -0.2) is 69.1 Å². The molecule has 6 heteroatoms. The van der Waals surface area contributed by atoms with Crippen LogP contribution < -0.4 is 5.32 Å². The molecule has 1 aliphatic rings. The first-order chi connectivity index (χ1) is 7.49. The third kappa shape index (κ3) is 6.08. The van der Waals surface area contributed by atoms with Gasteiger partial charge < -0.3 is 5.32 Å². The number of hydrogen-bond acceptors (Lipinski definition) is 5. The van der Waals surface area contributed by atoms with Crippen LogP contribution in [0, 0.1) is 0 Å². The number of rotatable bonds is 6. The van der Waals surface area contributed by atoms with Gasteiger partial charge in [0.25, 0.3) is 0 Å². The highest BCUT2D eigenvalue weighted by Gasteiger charge is 2.17. The van der Waals surface area contributed by atoms with E-state index in [9.17, 15) is 8.42 Å². The molecule has 0 aliphatic carbocycles. The molecule has 0 bridgehead atoms. The lowest BCUT2D eigenvalue weighted by Gasteiger charge is -2.32. The summed E-state index contributed by atoms with van der Waals surface area (Å²) >= 11 is 2.01. The Hall–Kier alpha value is 0.220. The number of hydrogen-bond donors (Lipinski definition) is 1. The quantitative estimate of drug-likeness (QED) is 0.689. The Balaban J connectivity index is 2.06. The highest BCUT2D eigenvalue weighted by molar-refractivity contribution is 7.99. The van der Waals surface area contributed by atoms with E-state index in [0.717, 1.165) is 19.6 Å². The molecule has 1 N–H and O–H groups in total. The maximum Gasteiger partial charge on any atom is 0.148 e. The fraction of sp³-hybridized carbons (Fsp3) is 1.00. The maximum absolute atomic E-state index is 10.9. The lowest BCUT2D eigenvalue weighted by Crippen LogP contribution is -2.44. The fourth-order valence-electron chi connectivity index (χ4n) is 1.70. The van der Waals surface area contributed by atoms with E-state index in [1.807, 2.05) is 11.8 Å². The Morgan fingerprint density at radius 1 is 1.44 bits per heavy atom. The van der Waals surface area contributed by atoms with Crippen LogP contribution in [0.1, 0.15) is 6.92 Å². The van der Waals surface area contributed by atoms with Crippen molar-refractivity contribution >= 4 is 21.6 Å². The van der Waals surface area contributed by atoms with Gasteiger partial charge in [-0.3, -0.25) is 4.90 Å². The molecule has 1 heterocycles. The second-order valence-corrected chi connectivity index (χ2v) is 7.75. The molecule has 0 spiro atoms. The summed E-state index contributed by atoms with van der Waals surface area (Å²) in [7, 11) is -2.82. The van der Waals surface area contributed by atoms with E-state index in [2.05, 4.69) is 17.1 Å². The summed E-state index contributed by atoms with van der Waals surface area (Å²) in [6.07, 6.45) is 1.28. The third-order valence-electron chi connectivity index (χ3n) is 2.73. The molecular weight excluding hydrogens is 244 g/mol. The largest absolute Gasteiger partial charge is 0.314 e. The van der Waals surface area contributed by atoms with Crippen LogP contribution in [0.5, 0.6) is 0 Å². The Labute approximate surface area is 103 Å². The Bertz CT molecular complexity index is 293. The average molecular weight is 266 g/mol. The first-order valence-corrected chi connectivity index (χ1v) is 8.91. The van der Waals surface area contributed by atoms with Crippen LogP contribution in [0.3, 0.4) is 0 Å². The maximum atomic E-state index is 10.9. The van der Waals surface area contributed by atoms with Crippen LogP contribution in [0.25, 0.3) is 0 Å². The molecule has 1 atom stereocenters. The lowest BCUT2D eigenvalue weighted by atomic mass is 10.3. The highest BCUT2D eigenvalue weighted by Crippen LogP contribution is 2.14. The van der Waals surface area contributed by atoms with Gasteiger partial charge in [0, 0.05) is 50.0 Å². The SMILES string of the molecule is CC1CSCCN1CCNCCS(C)(=O)=O. The second kappa shape index (κ2) is 6.83. The average Bonchev–Trinajstić information content (AvgIpc) is 2.18. The zero-order valence-electron chi connectivity index (χ0n) is 10.1. The topological polar surface area (TPSA) is 49.4 Å². The van der Waals surface area contributed by atoms with Crippen LogP contribution in [0.2, 0.25) is 0 Å². The molecule has 1 fully saturated rings.